The molecule has 1 aliphatic carbocycles. The third-order valence-corrected chi connectivity index (χ3v) is 9.97. The fraction of sp³-hybridized carbons (Fsp3) is 0.725. The maximum absolute atomic E-state index is 14.3. The zero-order chi connectivity index (χ0) is 46.6. The Hall–Kier alpha value is -5.63. The second-order valence-electron chi connectivity index (χ2n) is 16.9. The van der Waals surface area contributed by atoms with Gasteiger partial charge in [0.25, 0.3) is 5.91 Å². The number of amides is 7. The van der Waals surface area contributed by atoms with E-state index in [1.165, 1.54) is 4.90 Å². The first-order valence-corrected chi connectivity index (χ1v) is 20.7. The smallest absolute Gasteiger partial charge is 0.305 e. The molecule has 21 nitrogen and oxygen atoms in total. The van der Waals surface area contributed by atoms with Gasteiger partial charge in [-0.25, -0.2) is 0 Å². The van der Waals surface area contributed by atoms with Gasteiger partial charge >= 0.3 is 17.9 Å². The molecule has 0 saturated heterocycles. The zero-order valence-corrected chi connectivity index (χ0v) is 36.0. The number of hydrogen-bond donors (Lipinski definition) is 9. The third kappa shape index (κ3) is 20.0. The van der Waals surface area contributed by atoms with Gasteiger partial charge in [0.05, 0.1) is 25.4 Å². The molecule has 0 aliphatic heterocycles. The Kier molecular flexibility index (Phi) is 22.6. The predicted molar refractivity (Wildman–Crippen MR) is 217 cm³/mol. The average molecular weight is 868 g/mol. The molecule has 21 heteroatoms. The minimum absolute atomic E-state index is 0.111. The quantitative estimate of drug-likeness (QED) is 0.0495. The molecule has 0 bridgehead atoms. The Bertz CT molecular complexity index is 1610. The molecule has 5 atom stereocenters. The van der Waals surface area contributed by atoms with E-state index in [0.29, 0.717) is 38.5 Å². The lowest BCUT2D eigenvalue weighted by Gasteiger charge is -2.37. The summed E-state index contributed by atoms with van der Waals surface area (Å²) in [7, 11) is 0. The van der Waals surface area contributed by atoms with Crippen molar-refractivity contribution in [3.05, 3.63) is 0 Å². The number of carboxylic acids is 3. The summed E-state index contributed by atoms with van der Waals surface area (Å²) in [5.41, 5.74) is 4.23. The normalized spacial score (nSPS) is 15.5. The molecule has 344 valence electrons. The Morgan fingerprint density at radius 1 is 0.656 bits per heavy atom. The highest BCUT2D eigenvalue weighted by Gasteiger charge is 2.39. The molecule has 1 saturated carbocycles. The third-order valence-electron chi connectivity index (χ3n) is 9.97. The summed E-state index contributed by atoms with van der Waals surface area (Å²) >= 11 is 0. The Balaban J connectivity index is 3.47. The van der Waals surface area contributed by atoms with Gasteiger partial charge in [-0.15, -0.1) is 0 Å². The predicted octanol–water partition coefficient (Wildman–Crippen LogP) is 0.113. The summed E-state index contributed by atoms with van der Waals surface area (Å²) in [6, 6.07) is -7.68. The number of rotatable bonds is 27. The van der Waals surface area contributed by atoms with Gasteiger partial charge in [0.2, 0.25) is 41.2 Å². The van der Waals surface area contributed by atoms with Gasteiger partial charge in [-0.1, -0.05) is 73.6 Å². The van der Waals surface area contributed by atoms with Crippen molar-refractivity contribution in [2.24, 2.45) is 17.1 Å². The number of hydrogen-bond acceptors (Lipinski definition) is 11. The van der Waals surface area contributed by atoms with Crippen LogP contribution in [0, 0.1) is 11.3 Å². The summed E-state index contributed by atoms with van der Waals surface area (Å²) in [4.78, 5) is 141. The molecular weight excluding hydrogens is 802 g/mol. The number of ketones is 1. The number of primary amides is 1. The molecule has 0 aromatic heterocycles. The van der Waals surface area contributed by atoms with E-state index in [2.05, 4.69) is 26.6 Å². The van der Waals surface area contributed by atoms with Gasteiger partial charge in [0.1, 0.15) is 24.2 Å². The Morgan fingerprint density at radius 3 is 1.72 bits per heavy atom. The monoisotopic (exact) mass is 867 g/mol. The van der Waals surface area contributed by atoms with Crippen molar-refractivity contribution < 1.29 is 68.1 Å². The van der Waals surface area contributed by atoms with Crippen molar-refractivity contribution in [1.29, 1.82) is 0 Å². The van der Waals surface area contributed by atoms with Gasteiger partial charge in [-0.05, 0) is 43.4 Å². The van der Waals surface area contributed by atoms with Crippen LogP contribution in [0.3, 0.4) is 0 Å². The highest BCUT2D eigenvalue weighted by Crippen LogP contribution is 2.25. The van der Waals surface area contributed by atoms with Crippen LogP contribution in [0.4, 0.5) is 0 Å². The molecular formula is C40H65N7O14. The molecule has 0 radical (unpaired) electrons. The van der Waals surface area contributed by atoms with Crippen LogP contribution in [-0.4, -0.2) is 128 Å². The highest BCUT2D eigenvalue weighted by molar-refractivity contribution is 6.37. The molecule has 1 fully saturated rings. The van der Waals surface area contributed by atoms with Crippen molar-refractivity contribution in [3.8, 4) is 0 Å². The SMILES string of the molecule is CCCC[C@H](NC(=O)[C@H](CC(C)C)NC(=O)[C@@H](NC(=O)CN(C(=O)[C@H](CCC(=O)O)NC(=O)[C@H](CC(=O)O)NC(=O)CCC(=O)O)C1CCCCC1)C(C)(C)C)C(=O)C(N)=O. The minimum atomic E-state index is -1.77. The number of nitrogens with one attached hydrogen (secondary N) is 5. The second-order valence-corrected chi connectivity index (χ2v) is 16.9. The van der Waals surface area contributed by atoms with Crippen molar-refractivity contribution >= 4 is 65.0 Å². The van der Waals surface area contributed by atoms with Crippen molar-refractivity contribution in [1.82, 2.24) is 31.5 Å². The van der Waals surface area contributed by atoms with Crippen LogP contribution in [0.25, 0.3) is 0 Å². The summed E-state index contributed by atoms with van der Waals surface area (Å²) in [5, 5.41) is 40.2. The maximum atomic E-state index is 14.3. The van der Waals surface area contributed by atoms with Crippen LogP contribution in [0.2, 0.25) is 0 Å². The summed E-state index contributed by atoms with van der Waals surface area (Å²) < 4.78 is 0. The van der Waals surface area contributed by atoms with E-state index in [4.69, 9.17) is 10.8 Å². The van der Waals surface area contributed by atoms with Gasteiger partial charge in [-0.3, -0.25) is 52.7 Å². The lowest BCUT2D eigenvalue weighted by Crippen LogP contribution is -2.61. The molecule has 1 rings (SSSR count). The standard InChI is InChI=1S/C40H65N7O14/c1-7-8-14-24(33(56)35(41)57)43-36(58)26(19-22(2)3)45-38(60)34(40(4,5)6)46-29(49)21-47(23-12-10-9-11-13-23)39(61)25(15-17-30(50)51)44-37(59)27(20-32(54)55)42-28(48)16-18-31(52)53/h22-27,34H,7-21H2,1-6H3,(H2,41,57)(H,42,48)(H,43,58)(H,44,59)(H,45,60)(H,46,49)(H,50,51)(H,52,53)(H,54,55)/t24-,25-,26-,27-,34+/m0/s1. The summed E-state index contributed by atoms with van der Waals surface area (Å²) in [5.74, 6) is -11.9. The fourth-order valence-electron chi connectivity index (χ4n) is 6.76. The lowest BCUT2D eigenvalue weighted by atomic mass is 9.85. The van der Waals surface area contributed by atoms with Crippen LogP contribution >= 0.6 is 0 Å². The molecule has 0 aromatic carbocycles. The Labute approximate surface area is 355 Å². The second kappa shape index (κ2) is 25.9. The Morgan fingerprint density at radius 2 is 1.21 bits per heavy atom. The van der Waals surface area contributed by atoms with E-state index >= 15 is 0 Å². The first-order chi connectivity index (χ1) is 28.4. The molecule has 0 aromatic rings. The number of unbranched alkanes of at least 4 members (excludes halogenated alkanes) is 1. The summed E-state index contributed by atoms with van der Waals surface area (Å²) in [6.45, 7) is 9.75. The number of carbonyl (C=O) groups is 11. The minimum Gasteiger partial charge on any atom is -0.481 e. The first kappa shape index (κ1) is 53.4. The van der Waals surface area contributed by atoms with Crippen molar-refractivity contribution in [2.75, 3.05) is 6.54 Å². The molecule has 61 heavy (non-hydrogen) atoms. The topological polar surface area (TPSA) is 338 Å². The van der Waals surface area contributed by atoms with Crippen LogP contribution in [-0.2, 0) is 52.7 Å². The largest absolute Gasteiger partial charge is 0.481 e. The first-order valence-electron chi connectivity index (χ1n) is 20.7. The van der Waals surface area contributed by atoms with Gasteiger partial charge in [-0.2, -0.15) is 0 Å². The number of carboxylic acid groups (broad SMARTS) is 3. The molecule has 10 N–H and O–H groups in total. The lowest BCUT2D eigenvalue weighted by molar-refractivity contribution is -0.145. The van der Waals surface area contributed by atoms with Crippen molar-refractivity contribution in [3.63, 3.8) is 0 Å². The van der Waals surface area contributed by atoms with Crippen LogP contribution in [0.15, 0.2) is 0 Å². The summed E-state index contributed by atoms with van der Waals surface area (Å²) in [6.07, 6.45) is 1.16. The molecule has 0 spiro atoms. The number of Topliss-reactive ketones (excluding diaryl/α,β-unsaturated/α-hetero) is 1. The average Bonchev–Trinajstić information content (AvgIpc) is 3.16. The number of aliphatic carboxylic acids is 3. The number of nitrogens with zero attached hydrogens (tertiary/aromatic N) is 1. The molecule has 1 aliphatic rings. The molecule has 0 unspecified atom stereocenters. The number of nitrogens with two attached hydrogens (primary N) is 1. The fourth-order valence-corrected chi connectivity index (χ4v) is 6.76. The van der Waals surface area contributed by atoms with E-state index in [9.17, 15) is 63.0 Å². The van der Waals surface area contributed by atoms with E-state index in [0.717, 1.165) is 6.42 Å². The molecule has 0 heterocycles. The van der Waals surface area contributed by atoms with E-state index in [1.54, 1.807) is 34.6 Å². The zero-order valence-electron chi connectivity index (χ0n) is 36.0. The van der Waals surface area contributed by atoms with Crippen LogP contribution < -0.4 is 32.3 Å². The van der Waals surface area contributed by atoms with Crippen LogP contribution in [0.1, 0.15) is 131 Å². The molecule has 7 amide bonds. The van der Waals surface area contributed by atoms with Gasteiger partial charge < -0.3 is 52.5 Å². The van der Waals surface area contributed by atoms with Gasteiger partial charge in [0, 0.05) is 18.9 Å². The van der Waals surface area contributed by atoms with Gasteiger partial charge in [0.15, 0.2) is 0 Å². The van der Waals surface area contributed by atoms with E-state index < -0.39 is 145 Å². The van der Waals surface area contributed by atoms with E-state index in [1.807, 2.05) is 6.92 Å². The highest BCUT2D eigenvalue weighted by atomic mass is 16.4. The van der Waals surface area contributed by atoms with Crippen molar-refractivity contribution in [2.45, 2.75) is 168 Å². The number of carbonyl (C=O) groups excluding carboxylic acids is 8. The van der Waals surface area contributed by atoms with Crippen LogP contribution in [0.5, 0.6) is 0 Å². The van der Waals surface area contributed by atoms with E-state index in [-0.39, 0.29) is 18.8 Å². The maximum Gasteiger partial charge on any atom is 0.305 e.